The minimum absolute atomic E-state index is 0.169. The molecule has 2 heterocycles. The Morgan fingerprint density at radius 2 is 2.14 bits per heavy atom. The number of furan rings is 1. The van der Waals surface area contributed by atoms with E-state index in [0.717, 1.165) is 22.4 Å². The number of carbonyl (C=O) groups excluding carboxylic acids is 1. The van der Waals surface area contributed by atoms with Crippen molar-refractivity contribution in [2.75, 3.05) is 6.54 Å². The van der Waals surface area contributed by atoms with Crippen LogP contribution < -0.4 is 0 Å². The van der Waals surface area contributed by atoms with Gasteiger partial charge in [0.1, 0.15) is 11.1 Å². The van der Waals surface area contributed by atoms with Gasteiger partial charge in [-0.05, 0) is 53.2 Å². The highest BCUT2D eigenvalue weighted by Crippen LogP contribution is 2.26. The van der Waals surface area contributed by atoms with Crippen molar-refractivity contribution in [2.45, 2.75) is 53.2 Å². The van der Waals surface area contributed by atoms with E-state index in [0.29, 0.717) is 6.54 Å². The molecule has 2 aromatic rings. The third-order valence-corrected chi connectivity index (χ3v) is 3.48. The molecule has 1 atom stereocenters. The molecule has 2 rings (SSSR count). The molecule has 120 valence electrons. The van der Waals surface area contributed by atoms with E-state index in [1.54, 1.807) is 11.2 Å². The topological polar surface area (TPSA) is 55.6 Å². The van der Waals surface area contributed by atoms with Crippen LogP contribution in [0.3, 0.4) is 0 Å². The summed E-state index contributed by atoms with van der Waals surface area (Å²) in [5.74, 6) is 0. The SMILES string of the molecule is CCN(C(=O)OC(C)(C)C)C(C)c1cc(C)c2occc2n1. The van der Waals surface area contributed by atoms with E-state index in [9.17, 15) is 4.79 Å². The van der Waals surface area contributed by atoms with Gasteiger partial charge in [0, 0.05) is 12.6 Å². The molecular formula is C17H24N2O3. The van der Waals surface area contributed by atoms with Gasteiger partial charge in [0.05, 0.1) is 18.0 Å². The van der Waals surface area contributed by atoms with Crippen LogP contribution in [-0.4, -0.2) is 28.1 Å². The van der Waals surface area contributed by atoms with Crippen molar-refractivity contribution in [3.05, 3.63) is 29.7 Å². The first-order valence-corrected chi connectivity index (χ1v) is 7.57. The zero-order chi connectivity index (χ0) is 16.5. The summed E-state index contributed by atoms with van der Waals surface area (Å²) in [6.07, 6.45) is 1.30. The Bertz CT molecular complexity index is 670. The summed E-state index contributed by atoms with van der Waals surface area (Å²) < 4.78 is 10.9. The number of pyridine rings is 1. The van der Waals surface area contributed by atoms with Gasteiger partial charge in [0.25, 0.3) is 0 Å². The van der Waals surface area contributed by atoms with E-state index in [1.807, 2.05) is 53.7 Å². The third kappa shape index (κ3) is 3.40. The van der Waals surface area contributed by atoms with Crippen molar-refractivity contribution in [3.63, 3.8) is 0 Å². The molecule has 2 aromatic heterocycles. The molecule has 22 heavy (non-hydrogen) atoms. The maximum Gasteiger partial charge on any atom is 0.410 e. The molecule has 5 nitrogen and oxygen atoms in total. The Kier molecular flexibility index (Phi) is 4.44. The van der Waals surface area contributed by atoms with Gasteiger partial charge in [-0.3, -0.25) is 0 Å². The molecule has 0 aliphatic rings. The molecule has 0 saturated heterocycles. The van der Waals surface area contributed by atoms with Gasteiger partial charge in [-0.15, -0.1) is 0 Å². The van der Waals surface area contributed by atoms with E-state index in [-0.39, 0.29) is 12.1 Å². The largest absolute Gasteiger partial charge is 0.462 e. The van der Waals surface area contributed by atoms with Crippen LogP contribution in [0.25, 0.3) is 11.1 Å². The highest BCUT2D eigenvalue weighted by molar-refractivity contribution is 5.76. The summed E-state index contributed by atoms with van der Waals surface area (Å²) >= 11 is 0. The fourth-order valence-corrected chi connectivity index (χ4v) is 2.40. The first-order chi connectivity index (χ1) is 10.2. The number of amides is 1. The molecule has 0 aromatic carbocycles. The molecule has 0 fully saturated rings. The number of rotatable bonds is 3. The van der Waals surface area contributed by atoms with Crippen LogP contribution in [0.15, 0.2) is 22.8 Å². The lowest BCUT2D eigenvalue weighted by molar-refractivity contribution is 0.0183. The monoisotopic (exact) mass is 304 g/mol. The summed E-state index contributed by atoms with van der Waals surface area (Å²) in [6, 6.07) is 3.63. The summed E-state index contributed by atoms with van der Waals surface area (Å²) in [7, 11) is 0. The third-order valence-electron chi connectivity index (χ3n) is 3.48. The second kappa shape index (κ2) is 5.99. The van der Waals surface area contributed by atoms with Gasteiger partial charge in [0.15, 0.2) is 5.58 Å². The van der Waals surface area contributed by atoms with Gasteiger partial charge >= 0.3 is 6.09 Å². The highest BCUT2D eigenvalue weighted by atomic mass is 16.6. The van der Waals surface area contributed by atoms with Crippen LogP contribution in [-0.2, 0) is 4.74 Å². The van der Waals surface area contributed by atoms with E-state index in [1.165, 1.54) is 0 Å². The molecule has 0 spiro atoms. The summed E-state index contributed by atoms with van der Waals surface area (Å²) in [6.45, 7) is 12.0. The molecule has 0 radical (unpaired) electrons. The molecule has 0 aliphatic carbocycles. The number of hydrogen-bond donors (Lipinski definition) is 0. The van der Waals surface area contributed by atoms with Gasteiger partial charge in [-0.25, -0.2) is 9.78 Å². The van der Waals surface area contributed by atoms with Crippen LogP contribution >= 0.6 is 0 Å². The molecule has 0 bridgehead atoms. The molecule has 5 heteroatoms. The van der Waals surface area contributed by atoms with E-state index in [4.69, 9.17) is 9.15 Å². The fourth-order valence-electron chi connectivity index (χ4n) is 2.40. The Balaban J connectivity index is 2.30. The van der Waals surface area contributed by atoms with Gasteiger partial charge in [-0.2, -0.15) is 0 Å². The fraction of sp³-hybridized carbons (Fsp3) is 0.529. The summed E-state index contributed by atoms with van der Waals surface area (Å²) in [4.78, 5) is 18.6. The Labute approximate surface area is 131 Å². The number of aromatic nitrogens is 1. The molecule has 0 N–H and O–H groups in total. The van der Waals surface area contributed by atoms with Crippen molar-refractivity contribution in [3.8, 4) is 0 Å². The standard InChI is InChI=1S/C17H24N2O3/c1-7-19(16(20)22-17(4,5)6)12(3)14-10-11(2)15-13(18-14)8-9-21-15/h8-10,12H,7H2,1-6H3. The van der Waals surface area contributed by atoms with Crippen molar-refractivity contribution in [1.29, 1.82) is 0 Å². The van der Waals surface area contributed by atoms with Crippen molar-refractivity contribution >= 4 is 17.2 Å². The highest BCUT2D eigenvalue weighted by Gasteiger charge is 2.26. The second-order valence-corrected chi connectivity index (χ2v) is 6.44. The smallest absolute Gasteiger partial charge is 0.410 e. The minimum Gasteiger partial charge on any atom is -0.462 e. The van der Waals surface area contributed by atoms with Crippen molar-refractivity contribution in [1.82, 2.24) is 9.88 Å². The minimum atomic E-state index is -0.512. The predicted octanol–water partition coefficient (Wildman–Crippen LogP) is 4.45. The van der Waals surface area contributed by atoms with Crippen LogP contribution in [0.1, 0.15) is 51.9 Å². The summed E-state index contributed by atoms with van der Waals surface area (Å²) in [5.41, 5.74) is 2.93. The lowest BCUT2D eigenvalue weighted by Crippen LogP contribution is -2.38. The van der Waals surface area contributed by atoms with E-state index >= 15 is 0 Å². The number of hydrogen-bond acceptors (Lipinski definition) is 4. The maximum atomic E-state index is 12.4. The quantitative estimate of drug-likeness (QED) is 0.840. The molecule has 0 saturated carbocycles. The van der Waals surface area contributed by atoms with Gasteiger partial charge in [-0.1, -0.05) is 0 Å². The Morgan fingerprint density at radius 1 is 1.45 bits per heavy atom. The number of aryl methyl sites for hydroxylation is 1. The average molecular weight is 304 g/mol. The maximum absolute atomic E-state index is 12.4. The number of fused-ring (bicyclic) bond motifs is 1. The molecule has 1 unspecified atom stereocenters. The number of ether oxygens (including phenoxy) is 1. The second-order valence-electron chi connectivity index (χ2n) is 6.44. The average Bonchev–Trinajstić information content (AvgIpc) is 2.86. The lowest BCUT2D eigenvalue weighted by Gasteiger charge is -2.30. The zero-order valence-electron chi connectivity index (χ0n) is 14.1. The Hall–Kier alpha value is -2.04. The summed E-state index contributed by atoms with van der Waals surface area (Å²) in [5, 5.41) is 0. The van der Waals surface area contributed by atoms with Crippen LogP contribution in [0.4, 0.5) is 4.79 Å². The van der Waals surface area contributed by atoms with Crippen LogP contribution in [0.2, 0.25) is 0 Å². The normalized spacial score (nSPS) is 13.2. The Morgan fingerprint density at radius 3 is 2.73 bits per heavy atom. The van der Waals surface area contributed by atoms with Crippen LogP contribution in [0.5, 0.6) is 0 Å². The lowest BCUT2D eigenvalue weighted by atomic mass is 10.1. The van der Waals surface area contributed by atoms with E-state index in [2.05, 4.69) is 4.98 Å². The molecule has 1 amide bonds. The van der Waals surface area contributed by atoms with Crippen LogP contribution in [0, 0.1) is 6.92 Å². The molecule has 0 aliphatic heterocycles. The number of carbonyl (C=O) groups is 1. The zero-order valence-corrected chi connectivity index (χ0v) is 14.1. The first kappa shape index (κ1) is 16.3. The van der Waals surface area contributed by atoms with Gasteiger partial charge in [0.2, 0.25) is 0 Å². The molecular weight excluding hydrogens is 280 g/mol. The first-order valence-electron chi connectivity index (χ1n) is 7.57. The predicted molar refractivity (Wildman–Crippen MR) is 85.8 cm³/mol. The van der Waals surface area contributed by atoms with Crippen molar-refractivity contribution < 1.29 is 13.9 Å². The van der Waals surface area contributed by atoms with Crippen molar-refractivity contribution in [2.24, 2.45) is 0 Å². The van der Waals surface area contributed by atoms with E-state index < -0.39 is 5.60 Å². The van der Waals surface area contributed by atoms with Gasteiger partial charge < -0.3 is 14.1 Å². The number of nitrogens with zero attached hydrogens (tertiary/aromatic N) is 2.